The van der Waals surface area contributed by atoms with Crippen molar-refractivity contribution >= 4 is 21.6 Å². The Kier molecular flexibility index (Phi) is 5.12. The monoisotopic (exact) mass is 347 g/mol. The minimum atomic E-state index is -4.05. The quantitative estimate of drug-likeness (QED) is 0.873. The van der Waals surface area contributed by atoms with Crippen LogP contribution < -0.4 is 4.72 Å². The lowest BCUT2D eigenvalue weighted by atomic mass is 10.1. The molecule has 1 atom stereocenters. The number of aliphatic hydroxyl groups excluding tert-OH is 1. The highest BCUT2D eigenvalue weighted by molar-refractivity contribution is 7.89. The van der Waals surface area contributed by atoms with Gasteiger partial charge in [0.25, 0.3) is 0 Å². The zero-order valence-electron chi connectivity index (χ0n) is 11.1. The minimum absolute atomic E-state index is 0.0320. The van der Waals surface area contributed by atoms with E-state index in [9.17, 15) is 22.3 Å². The van der Waals surface area contributed by atoms with E-state index in [1.807, 2.05) is 0 Å². The summed E-state index contributed by atoms with van der Waals surface area (Å²) in [6.45, 7) is -0.447. The zero-order chi connectivity index (χ0) is 16.3. The lowest BCUT2D eigenvalue weighted by Crippen LogP contribution is -2.29. The molecule has 2 rings (SSSR count). The fourth-order valence-corrected chi connectivity index (χ4v) is 3.38. The summed E-state index contributed by atoms with van der Waals surface area (Å²) in [7, 11) is -4.05. The molecule has 22 heavy (non-hydrogen) atoms. The van der Waals surface area contributed by atoms with Crippen LogP contribution in [-0.2, 0) is 10.0 Å². The summed E-state index contributed by atoms with van der Waals surface area (Å²) < 4.78 is 52.7. The van der Waals surface area contributed by atoms with E-state index in [0.717, 1.165) is 24.3 Å². The molecular weight excluding hydrogens is 336 g/mol. The predicted molar refractivity (Wildman–Crippen MR) is 78.0 cm³/mol. The summed E-state index contributed by atoms with van der Waals surface area (Å²) in [5, 5.41) is 9.58. The van der Waals surface area contributed by atoms with E-state index in [2.05, 4.69) is 4.72 Å². The third-order valence-electron chi connectivity index (χ3n) is 2.91. The Balaban J connectivity index is 2.15. The van der Waals surface area contributed by atoms with Crippen LogP contribution in [-0.4, -0.2) is 20.1 Å². The Morgan fingerprint density at radius 3 is 2.50 bits per heavy atom. The zero-order valence-corrected chi connectivity index (χ0v) is 12.7. The maximum atomic E-state index is 13.5. The van der Waals surface area contributed by atoms with Gasteiger partial charge < -0.3 is 5.11 Å². The van der Waals surface area contributed by atoms with Gasteiger partial charge in [-0.15, -0.1) is 0 Å². The fourth-order valence-electron chi connectivity index (χ4n) is 1.81. The van der Waals surface area contributed by atoms with Gasteiger partial charge in [-0.2, -0.15) is 0 Å². The first-order valence-electron chi connectivity index (χ1n) is 6.18. The molecule has 0 saturated heterocycles. The number of hydrogen-bond acceptors (Lipinski definition) is 3. The SMILES string of the molecule is O=S(=O)(NCC(O)c1ccccc1F)c1ccc(F)cc1Cl. The van der Waals surface area contributed by atoms with Gasteiger partial charge in [-0.05, 0) is 24.3 Å². The predicted octanol–water partition coefficient (Wildman–Crippen LogP) is 2.63. The van der Waals surface area contributed by atoms with Gasteiger partial charge in [0, 0.05) is 12.1 Å². The van der Waals surface area contributed by atoms with Crippen molar-refractivity contribution in [3.05, 3.63) is 64.7 Å². The molecule has 0 fully saturated rings. The summed E-state index contributed by atoms with van der Waals surface area (Å²) in [5.74, 6) is -1.32. The lowest BCUT2D eigenvalue weighted by molar-refractivity contribution is 0.177. The average Bonchev–Trinajstić information content (AvgIpc) is 2.45. The van der Waals surface area contributed by atoms with Crippen LogP contribution in [0.4, 0.5) is 8.78 Å². The van der Waals surface area contributed by atoms with E-state index in [1.54, 1.807) is 0 Å². The molecule has 0 aliphatic rings. The van der Waals surface area contributed by atoms with Gasteiger partial charge >= 0.3 is 0 Å². The summed E-state index contributed by atoms with van der Waals surface area (Å²) in [6, 6.07) is 8.30. The molecule has 0 aliphatic heterocycles. The Morgan fingerprint density at radius 1 is 1.18 bits per heavy atom. The number of aliphatic hydroxyl groups is 1. The van der Waals surface area contributed by atoms with Crippen molar-refractivity contribution in [3.8, 4) is 0 Å². The first-order chi connectivity index (χ1) is 10.3. The second-order valence-electron chi connectivity index (χ2n) is 4.46. The maximum Gasteiger partial charge on any atom is 0.242 e. The van der Waals surface area contributed by atoms with Gasteiger partial charge in [0.15, 0.2) is 0 Å². The van der Waals surface area contributed by atoms with Crippen LogP contribution in [0.5, 0.6) is 0 Å². The number of benzene rings is 2. The van der Waals surface area contributed by atoms with E-state index < -0.39 is 34.3 Å². The van der Waals surface area contributed by atoms with Gasteiger partial charge in [-0.3, -0.25) is 0 Å². The van der Waals surface area contributed by atoms with Crippen molar-refractivity contribution in [1.29, 1.82) is 0 Å². The smallest absolute Gasteiger partial charge is 0.242 e. The third-order valence-corrected chi connectivity index (χ3v) is 4.82. The largest absolute Gasteiger partial charge is 0.387 e. The molecule has 4 nitrogen and oxygen atoms in total. The number of hydrogen-bond donors (Lipinski definition) is 2. The van der Waals surface area contributed by atoms with E-state index in [-0.39, 0.29) is 15.5 Å². The van der Waals surface area contributed by atoms with Crippen molar-refractivity contribution in [2.45, 2.75) is 11.0 Å². The maximum absolute atomic E-state index is 13.5. The van der Waals surface area contributed by atoms with Crippen molar-refractivity contribution in [2.75, 3.05) is 6.54 Å². The topological polar surface area (TPSA) is 66.4 Å². The number of nitrogens with one attached hydrogen (secondary N) is 1. The number of rotatable bonds is 5. The van der Waals surface area contributed by atoms with Gasteiger partial charge in [0.2, 0.25) is 10.0 Å². The Hall–Kier alpha value is -1.54. The molecule has 0 radical (unpaired) electrons. The molecule has 118 valence electrons. The first kappa shape index (κ1) is 16.8. The van der Waals surface area contributed by atoms with Gasteiger partial charge in [-0.25, -0.2) is 21.9 Å². The average molecular weight is 348 g/mol. The van der Waals surface area contributed by atoms with Gasteiger partial charge in [-0.1, -0.05) is 29.8 Å². The molecule has 0 saturated carbocycles. The second-order valence-corrected chi connectivity index (χ2v) is 6.61. The van der Waals surface area contributed by atoms with Crippen LogP contribution in [0.25, 0.3) is 0 Å². The summed E-state index contributed by atoms with van der Waals surface area (Å²) in [4.78, 5) is -0.323. The van der Waals surface area contributed by atoms with Crippen molar-refractivity contribution in [3.63, 3.8) is 0 Å². The molecule has 0 amide bonds. The van der Waals surface area contributed by atoms with Crippen molar-refractivity contribution < 1.29 is 22.3 Å². The summed E-state index contributed by atoms with van der Waals surface area (Å²) >= 11 is 5.69. The van der Waals surface area contributed by atoms with Gasteiger partial charge in [0.1, 0.15) is 16.5 Å². The van der Waals surface area contributed by atoms with E-state index in [1.165, 1.54) is 18.2 Å². The third kappa shape index (κ3) is 3.80. The highest BCUT2D eigenvalue weighted by Crippen LogP contribution is 2.23. The molecule has 1 unspecified atom stereocenters. The molecule has 0 aliphatic carbocycles. The Morgan fingerprint density at radius 2 is 1.86 bits per heavy atom. The molecule has 0 bridgehead atoms. The Labute approximate surface area is 131 Å². The summed E-state index contributed by atoms with van der Waals surface area (Å²) in [6.07, 6.45) is -1.37. The van der Waals surface area contributed by atoms with E-state index >= 15 is 0 Å². The van der Waals surface area contributed by atoms with Crippen LogP contribution in [0.15, 0.2) is 47.4 Å². The van der Waals surface area contributed by atoms with Crippen LogP contribution in [0.2, 0.25) is 5.02 Å². The minimum Gasteiger partial charge on any atom is -0.387 e. The van der Waals surface area contributed by atoms with Crippen LogP contribution in [0, 0.1) is 11.6 Å². The molecular formula is C14H12ClF2NO3S. The van der Waals surface area contributed by atoms with Crippen molar-refractivity contribution in [2.24, 2.45) is 0 Å². The van der Waals surface area contributed by atoms with Crippen LogP contribution in [0.3, 0.4) is 0 Å². The normalized spacial score (nSPS) is 13.1. The van der Waals surface area contributed by atoms with Crippen LogP contribution in [0.1, 0.15) is 11.7 Å². The number of sulfonamides is 1. The summed E-state index contributed by atoms with van der Waals surface area (Å²) in [5.41, 5.74) is -0.0320. The molecule has 8 heteroatoms. The van der Waals surface area contributed by atoms with E-state index in [0.29, 0.717) is 0 Å². The van der Waals surface area contributed by atoms with Crippen LogP contribution >= 0.6 is 11.6 Å². The highest BCUT2D eigenvalue weighted by atomic mass is 35.5. The number of halogens is 3. The Bertz CT molecular complexity index is 783. The second kappa shape index (κ2) is 6.70. The molecule has 0 heterocycles. The molecule has 2 aromatic carbocycles. The standard InChI is InChI=1S/C14H12ClF2NO3S/c15-11-7-9(16)5-6-14(11)22(20,21)18-8-13(19)10-3-1-2-4-12(10)17/h1-7,13,18-19H,8H2. The lowest BCUT2D eigenvalue weighted by Gasteiger charge is -2.14. The molecule has 2 N–H and O–H groups in total. The first-order valence-corrected chi connectivity index (χ1v) is 8.04. The fraction of sp³-hybridized carbons (Fsp3) is 0.143. The van der Waals surface area contributed by atoms with Gasteiger partial charge in [0.05, 0.1) is 11.1 Å². The molecule has 0 spiro atoms. The van der Waals surface area contributed by atoms with E-state index in [4.69, 9.17) is 11.6 Å². The highest BCUT2D eigenvalue weighted by Gasteiger charge is 2.21. The molecule has 0 aromatic heterocycles. The van der Waals surface area contributed by atoms with Crippen molar-refractivity contribution in [1.82, 2.24) is 4.72 Å². The molecule has 2 aromatic rings.